The molecule has 4 rings (SSSR count). The van der Waals surface area contributed by atoms with Crippen LogP contribution < -0.4 is 20.7 Å². The number of nitrogens with one attached hydrogen (secondary N) is 1. The second kappa shape index (κ2) is 9.57. The summed E-state index contributed by atoms with van der Waals surface area (Å²) in [6.07, 6.45) is 0. The van der Waals surface area contributed by atoms with E-state index in [1.54, 1.807) is 49.4 Å². The van der Waals surface area contributed by atoms with Gasteiger partial charge in [-0.3, -0.25) is 14.4 Å². The lowest BCUT2D eigenvalue weighted by atomic mass is 9.92. The Bertz CT molecular complexity index is 1260. The molecule has 3 N–H and O–H groups in total. The number of anilines is 2. The van der Waals surface area contributed by atoms with Gasteiger partial charge in [-0.1, -0.05) is 41.9 Å². The lowest BCUT2D eigenvalue weighted by Gasteiger charge is -2.26. The summed E-state index contributed by atoms with van der Waals surface area (Å²) >= 11 is 5.85. The third kappa shape index (κ3) is 4.47. The van der Waals surface area contributed by atoms with Gasteiger partial charge in [-0.2, -0.15) is 0 Å². The molecule has 0 bridgehead atoms. The Morgan fingerprint density at radius 2 is 1.79 bits per heavy atom. The number of hydrogen-bond acceptors (Lipinski definition) is 5. The van der Waals surface area contributed by atoms with Crippen molar-refractivity contribution in [2.45, 2.75) is 25.8 Å². The van der Waals surface area contributed by atoms with Gasteiger partial charge in [-0.25, -0.2) is 4.90 Å². The largest absolute Gasteiger partial charge is 0.484 e. The average Bonchev–Trinajstić information content (AvgIpc) is 2.92. The highest BCUT2D eigenvalue weighted by Crippen LogP contribution is 2.44. The highest BCUT2D eigenvalue weighted by molar-refractivity contribution is 6.30. The van der Waals surface area contributed by atoms with Gasteiger partial charge in [-0.05, 0) is 61.4 Å². The number of imide groups is 1. The van der Waals surface area contributed by atoms with Crippen LogP contribution in [0.25, 0.3) is 11.1 Å². The highest BCUT2D eigenvalue weighted by Gasteiger charge is 2.37. The number of ether oxygens (including phenoxy) is 1. The molecular formula is C26H24ClN3O4. The van der Waals surface area contributed by atoms with Gasteiger partial charge in [0.05, 0.1) is 11.6 Å². The van der Waals surface area contributed by atoms with Crippen molar-refractivity contribution in [3.63, 3.8) is 0 Å². The summed E-state index contributed by atoms with van der Waals surface area (Å²) in [5.74, 6) is -1.56. The van der Waals surface area contributed by atoms with Crippen molar-refractivity contribution < 1.29 is 19.1 Å². The van der Waals surface area contributed by atoms with Crippen LogP contribution in [0.2, 0.25) is 5.02 Å². The SMILES string of the molecule is CC1C(=O)N(C(=O)[C@H](C)NC(=O)COc2ccc(Cl)cc2)c2cccc(N)c2-c2ccccc21. The molecule has 174 valence electrons. The molecule has 8 heteroatoms. The number of carbonyl (C=O) groups is 3. The predicted octanol–water partition coefficient (Wildman–Crippen LogP) is 4.15. The quantitative estimate of drug-likeness (QED) is 0.537. The zero-order chi connectivity index (χ0) is 24.4. The molecule has 1 heterocycles. The van der Waals surface area contributed by atoms with Gasteiger partial charge >= 0.3 is 0 Å². The first-order valence-electron chi connectivity index (χ1n) is 10.8. The summed E-state index contributed by atoms with van der Waals surface area (Å²) in [5.41, 5.74) is 9.36. The average molecular weight is 478 g/mol. The Labute approximate surface area is 202 Å². The number of hydrogen-bond donors (Lipinski definition) is 2. The summed E-state index contributed by atoms with van der Waals surface area (Å²) in [4.78, 5) is 40.5. The van der Waals surface area contributed by atoms with Gasteiger partial charge in [-0.15, -0.1) is 0 Å². The third-order valence-corrected chi connectivity index (χ3v) is 6.01. The number of benzene rings is 3. The second-order valence-electron chi connectivity index (χ2n) is 8.09. The monoisotopic (exact) mass is 477 g/mol. The molecule has 3 aromatic rings. The molecule has 34 heavy (non-hydrogen) atoms. The summed E-state index contributed by atoms with van der Waals surface area (Å²) in [7, 11) is 0. The summed E-state index contributed by atoms with van der Waals surface area (Å²) in [6, 6.07) is 18.2. The summed E-state index contributed by atoms with van der Waals surface area (Å²) in [5, 5.41) is 3.17. The standard InChI is InChI=1S/C26H24ClN3O4/c1-15-19-6-3-4-7-20(19)24-21(28)8-5-9-22(24)30(25(15)32)26(33)16(2)29-23(31)14-34-18-12-10-17(27)11-13-18/h3-13,15-16H,14,28H2,1-2H3,(H,29,31)/t15?,16-/m0/s1. The van der Waals surface area contributed by atoms with E-state index >= 15 is 0 Å². The van der Waals surface area contributed by atoms with Crippen LogP contribution in [0.3, 0.4) is 0 Å². The molecule has 0 aromatic heterocycles. The van der Waals surface area contributed by atoms with Gasteiger partial charge in [0, 0.05) is 16.3 Å². The van der Waals surface area contributed by atoms with Crippen molar-refractivity contribution in [2.24, 2.45) is 0 Å². The zero-order valence-corrected chi connectivity index (χ0v) is 19.5. The van der Waals surface area contributed by atoms with E-state index in [1.807, 2.05) is 24.3 Å². The molecule has 0 radical (unpaired) electrons. The van der Waals surface area contributed by atoms with Crippen molar-refractivity contribution in [3.8, 4) is 16.9 Å². The first-order chi connectivity index (χ1) is 16.3. The van der Waals surface area contributed by atoms with Crippen LogP contribution in [0, 0.1) is 0 Å². The lowest BCUT2D eigenvalue weighted by molar-refractivity contribution is -0.131. The van der Waals surface area contributed by atoms with E-state index in [2.05, 4.69) is 5.32 Å². The predicted molar refractivity (Wildman–Crippen MR) is 132 cm³/mol. The Hall–Kier alpha value is -3.84. The molecule has 1 aliphatic rings. The molecule has 3 aromatic carbocycles. The minimum Gasteiger partial charge on any atom is -0.484 e. The number of nitrogens with zero attached hydrogens (tertiary/aromatic N) is 1. The normalized spacial score (nSPS) is 15.6. The lowest BCUT2D eigenvalue weighted by Crippen LogP contribution is -2.51. The van der Waals surface area contributed by atoms with E-state index in [1.165, 1.54) is 6.92 Å². The number of carbonyl (C=O) groups excluding carboxylic acids is 3. The minimum absolute atomic E-state index is 0.293. The van der Waals surface area contributed by atoms with E-state index in [4.69, 9.17) is 22.1 Å². The maximum atomic E-state index is 13.5. The Morgan fingerprint density at radius 3 is 2.53 bits per heavy atom. The maximum Gasteiger partial charge on any atom is 0.258 e. The first kappa shape index (κ1) is 23.3. The molecule has 7 nitrogen and oxygen atoms in total. The molecule has 0 saturated heterocycles. The Kier molecular flexibility index (Phi) is 6.56. The zero-order valence-electron chi connectivity index (χ0n) is 18.7. The van der Waals surface area contributed by atoms with E-state index in [9.17, 15) is 14.4 Å². The summed E-state index contributed by atoms with van der Waals surface area (Å²) < 4.78 is 5.44. The molecule has 0 spiro atoms. The van der Waals surface area contributed by atoms with Crippen LogP contribution in [0.5, 0.6) is 5.75 Å². The van der Waals surface area contributed by atoms with E-state index < -0.39 is 23.8 Å². The molecule has 0 aliphatic carbocycles. The number of fused-ring (bicyclic) bond motifs is 3. The second-order valence-corrected chi connectivity index (χ2v) is 8.53. The van der Waals surface area contributed by atoms with Crippen LogP contribution in [-0.2, 0) is 14.4 Å². The topological polar surface area (TPSA) is 102 Å². The van der Waals surface area contributed by atoms with Crippen LogP contribution in [0.15, 0.2) is 66.7 Å². The number of nitrogen functional groups attached to an aromatic ring is 1. The van der Waals surface area contributed by atoms with Crippen LogP contribution in [-0.4, -0.2) is 30.4 Å². The number of halogens is 1. The molecule has 3 amide bonds. The number of rotatable bonds is 5. The van der Waals surface area contributed by atoms with Gasteiger partial charge in [0.2, 0.25) is 5.91 Å². The van der Waals surface area contributed by atoms with Gasteiger partial charge < -0.3 is 15.8 Å². The van der Waals surface area contributed by atoms with E-state index in [0.717, 1.165) is 16.0 Å². The first-order valence-corrected chi connectivity index (χ1v) is 11.2. The van der Waals surface area contributed by atoms with Crippen molar-refractivity contribution in [1.82, 2.24) is 5.32 Å². The van der Waals surface area contributed by atoms with E-state index in [0.29, 0.717) is 27.7 Å². The maximum absolute atomic E-state index is 13.5. The number of nitrogens with two attached hydrogens (primary N) is 1. The fraction of sp³-hybridized carbons (Fsp3) is 0.192. The fourth-order valence-electron chi connectivity index (χ4n) is 4.03. The molecular weight excluding hydrogens is 454 g/mol. The van der Waals surface area contributed by atoms with Gasteiger partial charge in [0.25, 0.3) is 11.8 Å². The number of amides is 3. The summed E-state index contributed by atoms with van der Waals surface area (Å²) in [6.45, 7) is 3.00. The van der Waals surface area contributed by atoms with Crippen LogP contribution in [0.4, 0.5) is 11.4 Å². The van der Waals surface area contributed by atoms with Crippen molar-refractivity contribution in [1.29, 1.82) is 0 Å². The van der Waals surface area contributed by atoms with Crippen molar-refractivity contribution in [3.05, 3.63) is 77.3 Å². The fourth-order valence-corrected chi connectivity index (χ4v) is 4.16. The molecule has 2 atom stereocenters. The van der Waals surface area contributed by atoms with Crippen molar-refractivity contribution in [2.75, 3.05) is 17.2 Å². The minimum atomic E-state index is -0.979. The van der Waals surface area contributed by atoms with E-state index in [-0.39, 0.29) is 12.5 Å². The van der Waals surface area contributed by atoms with Gasteiger partial charge in [0.15, 0.2) is 6.61 Å². The third-order valence-electron chi connectivity index (χ3n) is 5.75. The van der Waals surface area contributed by atoms with Crippen molar-refractivity contribution >= 4 is 40.7 Å². The molecule has 1 aliphatic heterocycles. The highest BCUT2D eigenvalue weighted by atomic mass is 35.5. The molecule has 0 saturated carbocycles. The van der Waals surface area contributed by atoms with Crippen LogP contribution >= 0.6 is 11.6 Å². The smallest absolute Gasteiger partial charge is 0.258 e. The van der Waals surface area contributed by atoms with Crippen LogP contribution in [0.1, 0.15) is 25.3 Å². The Morgan fingerprint density at radius 1 is 1.09 bits per heavy atom. The molecule has 1 unspecified atom stereocenters. The molecule has 0 fully saturated rings. The Balaban J connectivity index is 1.57. The van der Waals surface area contributed by atoms with Gasteiger partial charge in [0.1, 0.15) is 11.8 Å².